The van der Waals surface area contributed by atoms with Gasteiger partial charge >= 0.3 is 12.1 Å². The fraction of sp³-hybridized carbons (Fsp3) is 0.0833. The number of alkyl halides is 3. The third-order valence-corrected chi connectivity index (χ3v) is 5.22. The fourth-order valence-corrected chi connectivity index (χ4v) is 3.38. The van der Waals surface area contributed by atoms with Gasteiger partial charge in [-0.1, -0.05) is 29.3 Å². The van der Waals surface area contributed by atoms with Crippen LogP contribution in [0.4, 0.5) is 17.6 Å². The van der Waals surface area contributed by atoms with Crippen LogP contribution in [0.2, 0.25) is 10.0 Å². The lowest BCUT2D eigenvalue weighted by Gasteiger charge is -2.13. The number of nitrogens with one attached hydrogen (secondary N) is 2. The molecule has 14 heteroatoms. The molecule has 2 aromatic carbocycles. The van der Waals surface area contributed by atoms with Crippen LogP contribution in [0, 0.1) is 17.1 Å². The first-order valence-corrected chi connectivity index (χ1v) is 11.0. The van der Waals surface area contributed by atoms with E-state index >= 15 is 4.39 Å². The molecule has 8 nitrogen and oxygen atoms in total. The smallest absolute Gasteiger partial charge is 0.475 e. The maximum Gasteiger partial charge on any atom is 0.490 e. The minimum Gasteiger partial charge on any atom is -0.475 e. The lowest BCUT2D eigenvalue weighted by Crippen LogP contribution is -2.23. The molecule has 2 aromatic heterocycles. The van der Waals surface area contributed by atoms with Crippen molar-refractivity contribution in [2.24, 2.45) is 0 Å². The molecule has 0 radical (unpaired) electrons. The van der Waals surface area contributed by atoms with E-state index in [0.29, 0.717) is 5.69 Å². The summed E-state index contributed by atoms with van der Waals surface area (Å²) in [4.78, 5) is 28.3. The van der Waals surface area contributed by atoms with E-state index in [1.54, 1.807) is 24.5 Å². The summed E-state index contributed by atoms with van der Waals surface area (Å²) in [7, 11) is 0. The second kappa shape index (κ2) is 11.8. The molecule has 2 heterocycles. The van der Waals surface area contributed by atoms with Crippen LogP contribution < -0.4 is 10.1 Å². The number of carbonyl (C=O) groups excluding carboxylic acids is 1. The average Bonchev–Trinajstić information content (AvgIpc) is 3.30. The van der Waals surface area contributed by atoms with Crippen LogP contribution in [0.15, 0.2) is 54.9 Å². The highest BCUT2D eigenvalue weighted by Crippen LogP contribution is 2.35. The van der Waals surface area contributed by atoms with E-state index in [2.05, 4.69) is 15.3 Å². The molecule has 0 saturated heterocycles. The van der Waals surface area contributed by atoms with E-state index in [9.17, 15) is 18.0 Å². The normalized spacial score (nSPS) is 10.8. The highest BCUT2D eigenvalue weighted by atomic mass is 35.5. The standard InChI is InChI=1S/C22H13Cl2FN4O2.C2HF3O2/c23-15-5-12(9-26)6-16(8-15)31-21-17(24)2-1-14(20(21)25)10-28-22(30)18-7-13-3-4-27-11-19(13)29-18;3-2(4,5)1(6)7/h1-8,11,29H,10H2,(H,28,30);(H,6,7). The van der Waals surface area contributed by atoms with E-state index in [1.165, 1.54) is 30.3 Å². The van der Waals surface area contributed by atoms with Crippen LogP contribution in [-0.4, -0.2) is 33.1 Å². The molecular weight excluding hydrogens is 555 g/mol. The Morgan fingerprint density at radius 3 is 2.50 bits per heavy atom. The van der Waals surface area contributed by atoms with Gasteiger partial charge in [-0.05, 0) is 36.4 Å². The van der Waals surface area contributed by atoms with E-state index in [4.69, 9.17) is 43.1 Å². The summed E-state index contributed by atoms with van der Waals surface area (Å²) in [5.74, 6) is -3.95. The summed E-state index contributed by atoms with van der Waals surface area (Å²) < 4.78 is 52.4. The van der Waals surface area contributed by atoms with Gasteiger partial charge in [0, 0.05) is 28.7 Å². The Kier molecular flexibility index (Phi) is 8.77. The minimum atomic E-state index is -5.08. The molecule has 0 aliphatic heterocycles. The molecule has 0 unspecified atom stereocenters. The average molecular weight is 569 g/mol. The van der Waals surface area contributed by atoms with E-state index in [-0.39, 0.29) is 39.2 Å². The van der Waals surface area contributed by atoms with Gasteiger partial charge in [0.2, 0.25) is 0 Å². The van der Waals surface area contributed by atoms with Crippen molar-refractivity contribution in [2.45, 2.75) is 12.7 Å². The number of hydrogen-bond donors (Lipinski definition) is 3. The molecular formula is C24H14Cl2F4N4O4. The molecule has 38 heavy (non-hydrogen) atoms. The number of carbonyl (C=O) groups is 2. The quantitative estimate of drug-likeness (QED) is 0.244. The third kappa shape index (κ3) is 7.12. The number of benzene rings is 2. The summed E-state index contributed by atoms with van der Waals surface area (Å²) in [5.41, 5.74) is 1.49. The van der Waals surface area contributed by atoms with Gasteiger partial charge in [0.25, 0.3) is 5.91 Å². The summed E-state index contributed by atoms with van der Waals surface area (Å²) >= 11 is 12.1. The number of pyridine rings is 1. The minimum absolute atomic E-state index is 0.0363. The molecule has 3 N–H and O–H groups in total. The van der Waals surface area contributed by atoms with Gasteiger partial charge in [-0.15, -0.1) is 0 Å². The number of rotatable bonds is 5. The number of aromatic amines is 1. The van der Waals surface area contributed by atoms with Crippen LogP contribution in [-0.2, 0) is 11.3 Å². The number of nitrogens with zero attached hydrogens (tertiary/aromatic N) is 2. The number of nitriles is 1. The zero-order valence-corrected chi connectivity index (χ0v) is 20.2. The molecule has 4 rings (SSSR count). The fourth-order valence-electron chi connectivity index (χ4n) is 2.97. The Balaban J connectivity index is 0.000000505. The maximum absolute atomic E-state index is 15.0. The monoisotopic (exact) mass is 568 g/mol. The number of ether oxygens (including phenoxy) is 1. The largest absolute Gasteiger partial charge is 0.490 e. The summed E-state index contributed by atoms with van der Waals surface area (Å²) in [6.07, 6.45) is -1.84. The van der Waals surface area contributed by atoms with Gasteiger partial charge in [0.05, 0.1) is 28.4 Å². The lowest BCUT2D eigenvalue weighted by atomic mass is 10.2. The van der Waals surface area contributed by atoms with Crippen molar-refractivity contribution in [2.75, 3.05) is 0 Å². The van der Waals surface area contributed by atoms with Crippen molar-refractivity contribution in [3.8, 4) is 17.6 Å². The Morgan fingerprint density at radius 1 is 1.16 bits per heavy atom. The van der Waals surface area contributed by atoms with Crippen LogP contribution in [0.25, 0.3) is 10.9 Å². The van der Waals surface area contributed by atoms with Crippen molar-refractivity contribution in [3.63, 3.8) is 0 Å². The predicted octanol–water partition coefficient (Wildman–Crippen LogP) is 6.24. The van der Waals surface area contributed by atoms with E-state index in [0.717, 1.165) is 10.9 Å². The number of carboxylic acids is 1. The summed E-state index contributed by atoms with van der Waals surface area (Å²) in [6.45, 7) is -0.0925. The van der Waals surface area contributed by atoms with Crippen LogP contribution in [0.3, 0.4) is 0 Å². The molecule has 0 aliphatic carbocycles. The highest BCUT2D eigenvalue weighted by molar-refractivity contribution is 6.32. The lowest BCUT2D eigenvalue weighted by molar-refractivity contribution is -0.192. The molecule has 0 aliphatic rings. The predicted molar refractivity (Wildman–Crippen MR) is 129 cm³/mol. The van der Waals surface area contributed by atoms with Crippen molar-refractivity contribution < 1.29 is 37.0 Å². The molecule has 0 bridgehead atoms. The first-order valence-electron chi connectivity index (χ1n) is 10.3. The first-order chi connectivity index (χ1) is 17.9. The van der Waals surface area contributed by atoms with Crippen molar-refractivity contribution in [1.29, 1.82) is 5.26 Å². The SMILES string of the molecule is N#Cc1cc(Cl)cc(Oc2c(Cl)ccc(CNC(=O)c3cc4ccncc4[nH]3)c2F)c1.O=C(O)C(F)(F)F. The number of aromatic nitrogens is 2. The topological polar surface area (TPSA) is 128 Å². The van der Waals surface area contributed by atoms with Gasteiger partial charge in [0.15, 0.2) is 11.6 Å². The Labute approximate surface area is 221 Å². The number of hydrogen-bond acceptors (Lipinski definition) is 5. The number of fused-ring (bicyclic) bond motifs is 1. The Hall–Kier alpha value is -4.34. The van der Waals surface area contributed by atoms with Crippen LogP contribution in [0.5, 0.6) is 11.5 Å². The first kappa shape index (κ1) is 28.2. The zero-order valence-electron chi connectivity index (χ0n) is 18.7. The summed E-state index contributed by atoms with van der Waals surface area (Å²) in [6, 6.07) is 12.6. The molecule has 0 spiro atoms. The van der Waals surface area contributed by atoms with Gasteiger partial charge < -0.3 is 20.1 Å². The van der Waals surface area contributed by atoms with Crippen LogP contribution >= 0.6 is 23.2 Å². The third-order valence-electron chi connectivity index (χ3n) is 4.70. The van der Waals surface area contributed by atoms with Crippen molar-refractivity contribution in [1.82, 2.24) is 15.3 Å². The van der Waals surface area contributed by atoms with Gasteiger partial charge in [-0.2, -0.15) is 18.4 Å². The number of halogens is 6. The van der Waals surface area contributed by atoms with Gasteiger partial charge in [-0.3, -0.25) is 9.78 Å². The van der Waals surface area contributed by atoms with E-state index < -0.39 is 23.9 Å². The number of amides is 1. The molecule has 196 valence electrons. The highest BCUT2D eigenvalue weighted by Gasteiger charge is 2.38. The number of aliphatic carboxylic acids is 1. The maximum atomic E-state index is 15.0. The van der Waals surface area contributed by atoms with Crippen LogP contribution in [0.1, 0.15) is 21.6 Å². The molecule has 0 fully saturated rings. The second-order valence-corrected chi connectivity index (χ2v) is 8.21. The number of H-pyrrole nitrogens is 1. The molecule has 0 saturated carbocycles. The molecule has 4 aromatic rings. The van der Waals surface area contributed by atoms with Gasteiger partial charge in [0.1, 0.15) is 11.4 Å². The summed E-state index contributed by atoms with van der Waals surface area (Å²) in [5, 5.41) is 20.0. The molecule has 0 atom stereocenters. The van der Waals surface area contributed by atoms with Crippen molar-refractivity contribution >= 4 is 46.0 Å². The number of carboxylic acid groups (broad SMARTS) is 1. The Bertz CT molecular complexity index is 1520. The van der Waals surface area contributed by atoms with Gasteiger partial charge in [-0.25, -0.2) is 9.18 Å². The second-order valence-electron chi connectivity index (χ2n) is 7.37. The Morgan fingerprint density at radius 2 is 1.87 bits per heavy atom. The zero-order chi connectivity index (χ0) is 28.0. The molecule has 1 amide bonds. The van der Waals surface area contributed by atoms with Crippen molar-refractivity contribution in [3.05, 3.63) is 87.5 Å². The van der Waals surface area contributed by atoms with E-state index in [1.807, 2.05) is 6.07 Å².